The maximum absolute atomic E-state index is 13.8. The number of hydrogen-bond donors (Lipinski definition) is 2. The monoisotopic (exact) mass is 551 g/mol. The van der Waals surface area contributed by atoms with Crippen LogP contribution in [0.2, 0.25) is 0 Å². The minimum absolute atomic E-state index is 0.0744. The van der Waals surface area contributed by atoms with Gasteiger partial charge in [0, 0.05) is 24.4 Å². The van der Waals surface area contributed by atoms with E-state index in [0.29, 0.717) is 12.3 Å². The highest BCUT2D eigenvalue weighted by Gasteiger charge is 2.44. The van der Waals surface area contributed by atoms with Gasteiger partial charge in [0.25, 0.3) is 0 Å². The number of carbonyl (C=O) groups is 3. The van der Waals surface area contributed by atoms with Crippen LogP contribution in [0, 0.1) is 0 Å². The van der Waals surface area contributed by atoms with E-state index < -0.39 is 36.5 Å². The molecule has 1 aromatic heterocycles. The topological polar surface area (TPSA) is 127 Å². The molecule has 0 radical (unpaired) electrons. The summed E-state index contributed by atoms with van der Waals surface area (Å²) in [5.41, 5.74) is 1.83. The normalized spacial score (nSPS) is 23.8. The van der Waals surface area contributed by atoms with E-state index in [1.54, 1.807) is 6.20 Å². The number of carbonyl (C=O) groups excluding carboxylic acids is 3. The molecule has 1 aromatic carbocycles. The predicted octanol–water partition coefficient (Wildman–Crippen LogP) is 3.13. The molecule has 2 N–H and O–H groups in total. The Morgan fingerprint density at radius 1 is 1.27 bits per heavy atom. The first kappa shape index (κ1) is 29.4. The smallest absolute Gasteiger partial charge is 0.328 e. The van der Waals surface area contributed by atoms with Crippen molar-refractivity contribution in [2.75, 3.05) is 20.3 Å². The number of methoxy groups -OCH3 is 1. The van der Waals surface area contributed by atoms with E-state index >= 15 is 0 Å². The van der Waals surface area contributed by atoms with E-state index in [9.17, 15) is 19.5 Å². The van der Waals surface area contributed by atoms with Gasteiger partial charge in [-0.1, -0.05) is 29.9 Å². The van der Waals surface area contributed by atoms with E-state index in [1.165, 1.54) is 18.1 Å². The summed E-state index contributed by atoms with van der Waals surface area (Å²) in [5, 5.41) is 15.1. The quantitative estimate of drug-likeness (QED) is 0.426. The van der Waals surface area contributed by atoms with Gasteiger partial charge < -0.3 is 24.2 Å². The SMILES string of the molecule is COC(=O)C1CC2CN1C(=O)C(CCC(=O)C=C(C)C)NC(O)OCCCC=Cc1ccc3ccnc(c3c1)O2. The first-order valence-corrected chi connectivity index (χ1v) is 13.6. The number of fused-ring (bicyclic) bond motifs is 3. The second-order valence-corrected chi connectivity index (χ2v) is 10.3. The predicted molar refractivity (Wildman–Crippen MR) is 149 cm³/mol. The third-order valence-electron chi connectivity index (χ3n) is 6.92. The van der Waals surface area contributed by atoms with Crippen molar-refractivity contribution >= 4 is 34.5 Å². The Morgan fingerprint density at radius 2 is 2.10 bits per heavy atom. The number of amides is 1. The van der Waals surface area contributed by atoms with Crippen LogP contribution in [0.3, 0.4) is 0 Å². The van der Waals surface area contributed by atoms with Gasteiger partial charge in [-0.15, -0.1) is 0 Å². The molecule has 0 spiro atoms. The molecule has 2 aliphatic rings. The van der Waals surface area contributed by atoms with Crippen molar-refractivity contribution in [3.63, 3.8) is 0 Å². The molecule has 214 valence electrons. The van der Waals surface area contributed by atoms with E-state index in [1.807, 2.05) is 50.3 Å². The molecule has 0 aliphatic carbocycles. The Labute approximate surface area is 234 Å². The summed E-state index contributed by atoms with van der Waals surface area (Å²) < 4.78 is 16.8. The summed E-state index contributed by atoms with van der Waals surface area (Å²) in [6.45, 7) is 4.00. The Hall–Kier alpha value is -3.60. The molecule has 4 unspecified atom stereocenters. The third-order valence-corrected chi connectivity index (χ3v) is 6.92. The zero-order valence-electron chi connectivity index (χ0n) is 23.2. The number of aliphatic hydroxyl groups is 1. The minimum atomic E-state index is -1.43. The second-order valence-electron chi connectivity index (χ2n) is 10.3. The molecule has 2 aromatic rings. The minimum Gasteiger partial charge on any atom is -0.472 e. The molecule has 40 heavy (non-hydrogen) atoms. The molecular weight excluding hydrogens is 514 g/mol. The highest BCUT2D eigenvalue weighted by Crippen LogP contribution is 2.30. The van der Waals surface area contributed by atoms with Crippen LogP contribution >= 0.6 is 0 Å². The third kappa shape index (κ3) is 7.53. The number of hydrogen-bond acceptors (Lipinski definition) is 9. The highest BCUT2D eigenvalue weighted by molar-refractivity contribution is 5.92. The lowest BCUT2D eigenvalue weighted by atomic mass is 10.1. The molecule has 4 atom stereocenters. The van der Waals surface area contributed by atoms with Gasteiger partial charge in [-0.2, -0.15) is 0 Å². The Kier molecular flexibility index (Phi) is 10.0. The van der Waals surface area contributed by atoms with Gasteiger partial charge in [-0.25, -0.2) is 9.78 Å². The first-order chi connectivity index (χ1) is 19.2. The lowest BCUT2D eigenvalue weighted by Gasteiger charge is -2.29. The van der Waals surface area contributed by atoms with Gasteiger partial charge >= 0.3 is 5.97 Å². The molecule has 2 aliphatic heterocycles. The van der Waals surface area contributed by atoms with E-state index in [0.717, 1.165) is 28.3 Å². The number of rotatable bonds is 5. The van der Waals surface area contributed by atoms with Gasteiger partial charge in [-0.05, 0) is 62.3 Å². The van der Waals surface area contributed by atoms with Crippen LogP contribution in [0.25, 0.3) is 16.8 Å². The van der Waals surface area contributed by atoms with E-state index in [2.05, 4.69) is 10.3 Å². The molecule has 10 nitrogen and oxygen atoms in total. The number of ether oxygens (including phenoxy) is 3. The Morgan fingerprint density at radius 3 is 2.88 bits per heavy atom. The second kappa shape index (κ2) is 13.6. The highest BCUT2D eigenvalue weighted by atomic mass is 16.6. The molecule has 1 fully saturated rings. The maximum Gasteiger partial charge on any atom is 0.328 e. The number of ketones is 1. The number of nitrogens with one attached hydrogen (secondary N) is 1. The van der Waals surface area contributed by atoms with E-state index in [4.69, 9.17) is 14.2 Å². The number of aliphatic hydroxyl groups excluding tert-OH is 1. The van der Waals surface area contributed by atoms with Crippen molar-refractivity contribution in [3.05, 3.63) is 53.8 Å². The van der Waals surface area contributed by atoms with Crippen molar-refractivity contribution < 1.29 is 33.7 Å². The largest absolute Gasteiger partial charge is 0.472 e. The number of nitrogens with zero attached hydrogens (tertiary/aromatic N) is 2. The van der Waals surface area contributed by atoms with Crippen molar-refractivity contribution in [1.82, 2.24) is 15.2 Å². The molecule has 1 saturated heterocycles. The fourth-order valence-corrected chi connectivity index (χ4v) is 5.00. The van der Waals surface area contributed by atoms with Crippen molar-refractivity contribution in [2.45, 2.75) is 70.6 Å². The fraction of sp³-hybridized carbons (Fsp3) is 0.467. The van der Waals surface area contributed by atoms with E-state index in [-0.39, 0.29) is 38.2 Å². The van der Waals surface area contributed by atoms with Crippen LogP contribution < -0.4 is 10.1 Å². The average molecular weight is 552 g/mol. The van der Waals surface area contributed by atoms with Gasteiger partial charge in [0.15, 0.2) is 5.78 Å². The summed E-state index contributed by atoms with van der Waals surface area (Å²) in [4.78, 5) is 44.8. The summed E-state index contributed by atoms with van der Waals surface area (Å²) in [5.74, 6) is -0.737. The van der Waals surface area contributed by atoms with Crippen molar-refractivity contribution in [2.24, 2.45) is 0 Å². The van der Waals surface area contributed by atoms with Crippen molar-refractivity contribution in [1.29, 1.82) is 0 Å². The number of benzene rings is 1. The molecule has 4 bridgehead atoms. The van der Waals surface area contributed by atoms with Gasteiger partial charge in [-0.3, -0.25) is 14.9 Å². The standard InChI is InChI=1S/C30H37N3O7/c1-19(2)15-22(34)10-11-25-28(35)33-18-23(17-26(33)29(36)38-3)40-27-24-16-20(8-9-21(24)12-13-31-27)7-5-4-6-14-39-30(37)32-25/h5,7-9,12-13,15-16,23,25-26,30,32,37H,4,6,10-11,14,17-18H2,1-3H3. The number of allylic oxidation sites excluding steroid dienone is 3. The number of esters is 1. The molecule has 1 amide bonds. The van der Waals surface area contributed by atoms with Crippen LogP contribution in [0.15, 0.2) is 48.2 Å². The van der Waals surface area contributed by atoms with Gasteiger partial charge in [0.05, 0.1) is 26.3 Å². The molecular formula is C30H37N3O7. The summed E-state index contributed by atoms with van der Waals surface area (Å²) in [6, 6.07) is 6.03. The lowest BCUT2D eigenvalue weighted by Crippen LogP contribution is -2.53. The zero-order chi connectivity index (χ0) is 28.6. The molecule has 3 heterocycles. The van der Waals surface area contributed by atoms with Crippen LogP contribution in [-0.2, 0) is 23.9 Å². The molecule has 4 rings (SSSR count). The summed E-state index contributed by atoms with van der Waals surface area (Å²) in [7, 11) is 1.27. The van der Waals surface area contributed by atoms with Crippen LogP contribution in [0.4, 0.5) is 0 Å². The van der Waals surface area contributed by atoms with Crippen molar-refractivity contribution in [3.8, 4) is 5.88 Å². The molecule has 10 heteroatoms. The van der Waals surface area contributed by atoms with Crippen LogP contribution in [0.1, 0.15) is 51.5 Å². The zero-order valence-corrected chi connectivity index (χ0v) is 23.2. The lowest BCUT2D eigenvalue weighted by molar-refractivity contribution is -0.156. The van der Waals surface area contributed by atoms with Gasteiger partial charge in [0.2, 0.25) is 18.2 Å². The number of aromatic nitrogens is 1. The average Bonchev–Trinajstić information content (AvgIpc) is 3.35. The Bertz CT molecular complexity index is 1290. The van der Waals surface area contributed by atoms with Crippen LogP contribution in [0.5, 0.6) is 5.88 Å². The summed E-state index contributed by atoms with van der Waals surface area (Å²) in [6.07, 6.45) is 7.02. The Balaban J connectivity index is 1.66. The van der Waals surface area contributed by atoms with Crippen LogP contribution in [-0.4, -0.2) is 77.5 Å². The first-order valence-electron chi connectivity index (χ1n) is 13.6. The summed E-state index contributed by atoms with van der Waals surface area (Å²) >= 11 is 0. The number of pyridine rings is 1. The molecule has 0 saturated carbocycles. The maximum atomic E-state index is 13.8. The van der Waals surface area contributed by atoms with Gasteiger partial charge in [0.1, 0.15) is 12.1 Å². The fourth-order valence-electron chi connectivity index (χ4n) is 5.00.